The molecule has 35 heavy (non-hydrogen) atoms. The lowest BCUT2D eigenvalue weighted by Gasteiger charge is -2.38. The largest absolute Gasteiger partial charge is 0.462 e. The van der Waals surface area contributed by atoms with Gasteiger partial charge in [0.05, 0.1) is 12.2 Å². The second-order valence-electron chi connectivity index (χ2n) is 9.96. The quantitative estimate of drug-likeness (QED) is 0.436. The van der Waals surface area contributed by atoms with E-state index >= 15 is 0 Å². The van der Waals surface area contributed by atoms with Crippen LogP contribution in [-0.4, -0.2) is 56.1 Å². The molecule has 186 valence electrons. The molecular formula is C28H31ClF2N2O2. The van der Waals surface area contributed by atoms with E-state index in [0.29, 0.717) is 36.5 Å². The molecule has 0 amide bonds. The van der Waals surface area contributed by atoms with Crippen LogP contribution in [-0.2, 0) is 4.74 Å². The maximum absolute atomic E-state index is 14.3. The van der Waals surface area contributed by atoms with Crippen LogP contribution in [0.1, 0.15) is 48.5 Å². The fourth-order valence-electron chi connectivity index (χ4n) is 5.60. The first kappa shape index (κ1) is 24.3. The number of benzene rings is 2. The van der Waals surface area contributed by atoms with Gasteiger partial charge < -0.3 is 9.64 Å². The molecule has 2 aromatic carbocycles. The summed E-state index contributed by atoms with van der Waals surface area (Å²) in [7, 11) is 0. The van der Waals surface area contributed by atoms with E-state index in [9.17, 15) is 13.6 Å². The molecule has 1 spiro atoms. The predicted molar refractivity (Wildman–Crippen MR) is 135 cm³/mol. The number of hydrogen-bond acceptors (Lipinski definition) is 4. The van der Waals surface area contributed by atoms with Gasteiger partial charge in [-0.2, -0.15) is 0 Å². The third-order valence-electron chi connectivity index (χ3n) is 7.77. The maximum atomic E-state index is 14.3. The molecule has 2 aromatic rings. The summed E-state index contributed by atoms with van der Waals surface area (Å²) < 4.78 is 33.6. The van der Waals surface area contributed by atoms with Gasteiger partial charge in [-0.25, -0.2) is 13.6 Å². The molecule has 2 fully saturated rings. The number of esters is 1. The number of carbonyl (C=O) groups excluding carboxylic acids is 1. The molecule has 4 nitrogen and oxygen atoms in total. The Kier molecular flexibility index (Phi) is 6.62. The van der Waals surface area contributed by atoms with Gasteiger partial charge in [0.2, 0.25) is 0 Å². The van der Waals surface area contributed by atoms with E-state index in [2.05, 4.69) is 9.80 Å². The zero-order chi connectivity index (χ0) is 24.6. The summed E-state index contributed by atoms with van der Waals surface area (Å²) in [4.78, 5) is 16.6. The number of allylic oxidation sites excluding steroid dienone is 1. The molecule has 1 saturated carbocycles. The highest BCUT2D eigenvalue weighted by Gasteiger charge is 2.70. The first-order valence-electron chi connectivity index (χ1n) is 12.4. The highest BCUT2D eigenvalue weighted by molar-refractivity contribution is 6.30. The van der Waals surface area contributed by atoms with Crippen molar-refractivity contribution in [2.45, 2.75) is 38.5 Å². The van der Waals surface area contributed by atoms with Gasteiger partial charge in [0.1, 0.15) is 0 Å². The molecule has 0 radical (unpaired) electrons. The van der Waals surface area contributed by atoms with E-state index in [-0.39, 0.29) is 12.4 Å². The molecule has 0 N–H and O–H groups in total. The summed E-state index contributed by atoms with van der Waals surface area (Å²) in [5.41, 5.74) is 4.27. The van der Waals surface area contributed by atoms with Crippen molar-refractivity contribution in [2.75, 3.05) is 44.2 Å². The lowest BCUT2D eigenvalue weighted by Crippen LogP contribution is -2.47. The van der Waals surface area contributed by atoms with Crippen molar-refractivity contribution < 1.29 is 18.3 Å². The first-order chi connectivity index (χ1) is 16.8. The number of hydrogen-bond donors (Lipinski definition) is 0. The number of piperazine rings is 1. The molecule has 1 unspecified atom stereocenters. The van der Waals surface area contributed by atoms with Crippen LogP contribution in [0.2, 0.25) is 5.02 Å². The van der Waals surface area contributed by atoms with Crippen LogP contribution in [0.3, 0.4) is 0 Å². The number of anilines is 1. The predicted octanol–water partition coefficient (Wildman–Crippen LogP) is 6.30. The van der Waals surface area contributed by atoms with E-state index in [1.54, 1.807) is 19.1 Å². The molecule has 7 heteroatoms. The van der Waals surface area contributed by atoms with Gasteiger partial charge >= 0.3 is 5.97 Å². The van der Waals surface area contributed by atoms with Gasteiger partial charge in [0, 0.05) is 55.3 Å². The fraction of sp³-hybridized carbons (Fsp3) is 0.464. The molecule has 1 heterocycles. The topological polar surface area (TPSA) is 32.8 Å². The van der Waals surface area contributed by atoms with Crippen molar-refractivity contribution in [3.8, 4) is 0 Å². The third-order valence-corrected chi connectivity index (χ3v) is 8.02. The van der Waals surface area contributed by atoms with Crippen LogP contribution in [0.5, 0.6) is 0 Å². The van der Waals surface area contributed by atoms with Crippen molar-refractivity contribution in [1.82, 2.24) is 4.90 Å². The Morgan fingerprint density at radius 1 is 1.03 bits per heavy atom. The first-order valence-corrected chi connectivity index (χ1v) is 12.8. The molecule has 3 aliphatic rings. The smallest absolute Gasteiger partial charge is 0.338 e. The fourth-order valence-corrected chi connectivity index (χ4v) is 5.72. The van der Waals surface area contributed by atoms with Crippen LogP contribution in [0.4, 0.5) is 14.5 Å². The Labute approximate surface area is 210 Å². The van der Waals surface area contributed by atoms with Gasteiger partial charge in [-0.05, 0) is 73.7 Å². The Morgan fingerprint density at radius 2 is 1.69 bits per heavy atom. The number of halogens is 3. The van der Waals surface area contributed by atoms with Crippen molar-refractivity contribution in [1.29, 1.82) is 0 Å². The highest BCUT2D eigenvalue weighted by Crippen LogP contribution is 2.68. The van der Waals surface area contributed by atoms with Crippen molar-refractivity contribution in [2.24, 2.45) is 5.41 Å². The summed E-state index contributed by atoms with van der Waals surface area (Å²) in [5, 5.41) is 0.684. The van der Waals surface area contributed by atoms with Crippen LogP contribution < -0.4 is 4.90 Å². The lowest BCUT2D eigenvalue weighted by atomic mass is 9.78. The summed E-state index contributed by atoms with van der Waals surface area (Å²) in [6.45, 7) is 6.31. The molecular weight excluding hydrogens is 470 g/mol. The zero-order valence-electron chi connectivity index (χ0n) is 20.0. The molecule has 0 bridgehead atoms. The second-order valence-corrected chi connectivity index (χ2v) is 10.4. The molecule has 1 atom stereocenters. The van der Waals surface area contributed by atoms with Gasteiger partial charge in [-0.1, -0.05) is 29.3 Å². The number of carbonyl (C=O) groups is 1. The standard InChI is InChI=1S/C28H31ClF2N2O2/c1-2-35-26(34)21-5-9-24(10-6-21)33-15-13-32(14-16-33)18-22-17-27(19-28(27,30)31)12-11-25(22)20-3-7-23(29)8-4-20/h3-10H,2,11-19H2,1H3. The summed E-state index contributed by atoms with van der Waals surface area (Å²) in [6, 6.07) is 15.3. The summed E-state index contributed by atoms with van der Waals surface area (Å²) in [5.74, 6) is -2.84. The molecule has 0 aromatic heterocycles. The van der Waals surface area contributed by atoms with Crippen LogP contribution in [0, 0.1) is 5.41 Å². The monoisotopic (exact) mass is 500 g/mol. The van der Waals surface area contributed by atoms with Gasteiger partial charge in [0.15, 0.2) is 0 Å². The third kappa shape index (κ3) is 4.96. The van der Waals surface area contributed by atoms with Crippen molar-refractivity contribution >= 4 is 28.8 Å². The Balaban J connectivity index is 1.26. The molecule has 1 saturated heterocycles. The van der Waals surface area contributed by atoms with E-state index in [4.69, 9.17) is 16.3 Å². The Morgan fingerprint density at radius 3 is 2.29 bits per heavy atom. The molecule has 1 aliphatic heterocycles. The summed E-state index contributed by atoms with van der Waals surface area (Å²) >= 11 is 6.09. The van der Waals surface area contributed by atoms with E-state index in [1.165, 1.54) is 5.57 Å². The molecule has 5 rings (SSSR count). The van der Waals surface area contributed by atoms with E-state index < -0.39 is 11.3 Å². The minimum atomic E-state index is -2.53. The second kappa shape index (κ2) is 9.55. The Bertz CT molecular complexity index is 1110. The van der Waals surface area contributed by atoms with Crippen LogP contribution >= 0.6 is 11.6 Å². The number of rotatable bonds is 6. The van der Waals surface area contributed by atoms with Gasteiger partial charge in [-0.3, -0.25) is 4.90 Å². The van der Waals surface area contributed by atoms with Gasteiger partial charge in [0.25, 0.3) is 5.92 Å². The van der Waals surface area contributed by atoms with Crippen molar-refractivity contribution in [3.63, 3.8) is 0 Å². The lowest BCUT2D eigenvalue weighted by molar-refractivity contribution is 0.0525. The van der Waals surface area contributed by atoms with Crippen LogP contribution in [0.15, 0.2) is 54.1 Å². The average molecular weight is 501 g/mol. The number of alkyl halides is 2. The maximum Gasteiger partial charge on any atom is 0.338 e. The SMILES string of the molecule is CCOC(=O)c1ccc(N2CCN(CC3=C(c4ccc(Cl)cc4)CCC4(C3)CC4(F)F)CC2)cc1. The van der Waals surface area contributed by atoms with Gasteiger partial charge in [-0.15, -0.1) is 0 Å². The highest BCUT2D eigenvalue weighted by atomic mass is 35.5. The molecule has 2 aliphatic carbocycles. The zero-order valence-corrected chi connectivity index (χ0v) is 20.8. The minimum Gasteiger partial charge on any atom is -0.462 e. The Hall–Kier alpha value is -2.44. The minimum absolute atomic E-state index is 0.0208. The number of ether oxygens (including phenoxy) is 1. The van der Waals surface area contributed by atoms with E-state index in [0.717, 1.165) is 49.5 Å². The van der Waals surface area contributed by atoms with E-state index in [1.807, 2.05) is 36.4 Å². The normalized spacial score (nSPS) is 24.1. The van der Waals surface area contributed by atoms with Crippen LogP contribution in [0.25, 0.3) is 5.57 Å². The van der Waals surface area contributed by atoms with Crippen molar-refractivity contribution in [3.05, 3.63) is 70.3 Å². The average Bonchev–Trinajstić information content (AvgIpc) is 3.39. The summed E-state index contributed by atoms with van der Waals surface area (Å²) in [6.07, 6.45) is 1.75. The number of nitrogens with zero attached hydrogens (tertiary/aromatic N) is 2.